The minimum absolute atomic E-state index is 0.0694. The minimum atomic E-state index is -0.623. The number of nitrogen functional groups attached to an aromatic ring is 1. The Morgan fingerprint density at radius 2 is 2.24 bits per heavy atom. The van der Waals surface area contributed by atoms with Gasteiger partial charge in [-0.05, 0) is 6.42 Å². The largest absolute Gasteiger partial charge is 0.470 e. The second-order valence-electron chi connectivity index (χ2n) is 3.14. The third-order valence-corrected chi connectivity index (χ3v) is 1.77. The fraction of sp³-hybridized carbons (Fsp3) is 0.556. The van der Waals surface area contributed by atoms with Crippen LogP contribution >= 0.6 is 0 Å². The molecule has 17 heavy (non-hydrogen) atoms. The second kappa shape index (κ2) is 6.59. The molecule has 0 aliphatic heterocycles. The average molecular weight is 242 g/mol. The molecule has 0 unspecified atom stereocenters. The van der Waals surface area contributed by atoms with Crippen LogP contribution in [0.2, 0.25) is 0 Å². The quantitative estimate of drug-likeness (QED) is 0.426. The number of hydrogen-bond donors (Lipinski definition) is 1. The highest BCUT2D eigenvalue weighted by atomic mass is 16.6. The normalized spacial score (nSPS) is 10.2. The lowest BCUT2D eigenvalue weighted by Gasteiger charge is -2.06. The molecule has 0 aliphatic carbocycles. The van der Waals surface area contributed by atoms with Crippen LogP contribution in [-0.4, -0.2) is 34.7 Å². The van der Waals surface area contributed by atoms with E-state index in [0.717, 1.165) is 12.6 Å². The van der Waals surface area contributed by atoms with Gasteiger partial charge in [-0.3, -0.25) is 10.1 Å². The highest BCUT2D eigenvalue weighted by Gasteiger charge is 2.17. The molecule has 0 spiro atoms. The summed E-state index contributed by atoms with van der Waals surface area (Å²) >= 11 is 0. The summed E-state index contributed by atoms with van der Waals surface area (Å²) in [5, 5.41) is 10.6. The number of nitro groups is 1. The monoisotopic (exact) mass is 242 g/mol. The Labute approximate surface area is 97.9 Å². The van der Waals surface area contributed by atoms with Gasteiger partial charge in [0.05, 0.1) is 11.5 Å². The Kier molecular flexibility index (Phi) is 5.08. The highest BCUT2D eigenvalue weighted by Crippen LogP contribution is 2.23. The van der Waals surface area contributed by atoms with Crippen molar-refractivity contribution in [3.8, 4) is 5.88 Å². The number of rotatable bonds is 7. The number of hydrogen-bond acceptors (Lipinski definition) is 7. The molecule has 0 radical (unpaired) electrons. The van der Waals surface area contributed by atoms with Gasteiger partial charge in [-0.1, -0.05) is 6.92 Å². The zero-order chi connectivity index (χ0) is 12.7. The van der Waals surface area contributed by atoms with E-state index in [9.17, 15) is 10.1 Å². The molecular weight excluding hydrogens is 228 g/mol. The van der Waals surface area contributed by atoms with Gasteiger partial charge in [-0.15, -0.1) is 0 Å². The zero-order valence-corrected chi connectivity index (χ0v) is 9.46. The molecule has 8 nitrogen and oxygen atoms in total. The van der Waals surface area contributed by atoms with Gasteiger partial charge in [-0.2, -0.15) is 4.98 Å². The molecule has 0 fully saturated rings. The molecule has 94 valence electrons. The van der Waals surface area contributed by atoms with Crippen LogP contribution in [0.1, 0.15) is 13.3 Å². The van der Waals surface area contributed by atoms with Crippen molar-refractivity contribution in [2.75, 3.05) is 25.6 Å². The van der Waals surface area contributed by atoms with E-state index in [2.05, 4.69) is 9.97 Å². The number of aromatic nitrogens is 2. The van der Waals surface area contributed by atoms with Crippen LogP contribution in [0.4, 0.5) is 11.6 Å². The summed E-state index contributed by atoms with van der Waals surface area (Å²) in [7, 11) is 0. The van der Waals surface area contributed by atoms with E-state index in [-0.39, 0.29) is 24.1 Å². The zero-order valence-electron chi connectivity index (χ0n) is 9.46. The van der Waals surface area contributed by atoms with Crippen LogP contribution in [0.3, 0.4) is 0 Å². The fourth-order valence-corrected chi connectivity index (χ4v) is 1.05. The number of anilines is 1. The van der Waals surface area contributed by atoms with Crippen molar-refractivity contribution in [2.45, 2.75) is 13.3 Å². The molecule has 1 heterocycles. The van der Waals surface area contributed by atoms with Crippen molar-refractivity contribution in [1.29, 1.82) is 0 Å². The van der Waals surface area contributed by atoms with Gasteiger partial charge >= 0.3 is 5.69 Å². The standard InChI is InChI=1S/C9H14N4O4/c1-2-3-16-4-5-17-8-7(13(14)15)6-11-9(10)12-8/h6H,2-5H2,1H3,(H2,10,11,12). The fourth-order valence-electron chi connectivity index (χ4n) is 1.05. The topological polar surface area (TPSA) is 113 Å². The van der Waals surface area contributed by atoms with E-state index in [4.69, 9.17) is 15.2 Å². The van der Waals surface area contributed by atoms with Gasteiger partial charge in [0.15, 0.2) is 0 Å². The van der Waals surface area contributed by atoms with E-state index in [1.54, 1.807) is 0 Å². The van der Waals surface area contributed by atoms with Crippen molar-refractivity contribution >= 4 is 11.6 Å². The molecule has 0 saturated carbocycles. The van der Waals surface area contributed by atoms with Crippen LogP contribution in [0.25, 0.3) is 0 Å². The Morgan fingerprint density at radius 3 is 2.88 bits per heavy atom. The maximum Gasteiger partial charge on any atom is 0.349 e. The molecule has 1 aromatic rings. The summed E-state index contributed by atoms with van der Waals surface area (Å²) in [5.41, 5.74) is 5.01. The van der Waals surface area contributed by atoms with Crippen molar-refractivity contribution in [3.05, 3.63) is 16.3 Å². The molecule has 0 aromatic carbocycles. The summed E-state index contributed by atoms with van der Waals surface area (Å²) in [6.07, 6.45) is 1.92. The molecule has 0 bridgehead atoms. The molecule has 1 aromatic heterocycles. The smallest absolute Gasteiger partial charge is 0.349 e. The van der Waals surface area contributed by atoms with Crippen LogP contribution in [-0.2, 0) is 4.74 Å². The van der Waals surface area contributed by atoms with Gasteiger partial charge in [0.25, 0.3) is 5.88 Å². The number of ether oxygens (including phenoxy) is 2. The van der Waals surface area contributed by atoms with Crippen molar-refractivity contribution in [1.82, 2.24) is 9.97 Å². The molecular formula is C9H14N4O4. The molecule has 8 heteroatoms. The predicted octanol–water partition coefficient (Wildman–Crippen LogP) is 0.772. The van der Waals surface area contributed by atoms with Crippen molar-refractivity contribution in [2.24, 2.45) is 0 Å². The van der Waals surface area contributed by atoms with Crippen molar-refractivity contribution < 1.29 is 14.4 Å². The molecule has 0 saturated heterocycles. The minimum Gasteiger partial charge on any atom is -0.470 e. The van der Waals surface area contributed by atoms with E-state index < -0.39 is 4.92 Å². The maximum absolute atomic E-state index is 10.6. The molecule has 1 rings (SSSR count). The lowest BCUT2D eigenvalue weighted by atomic mass is 10.5. The Bertz CT molecular complexity index is 385. The molecule has 0 amide bonds. The first-order valence-electron chi connectivity index (χ1n) is 5.12. The van der Waals surface area contributed by atoms with Gasteiger partial charge in [-0.25, -0.2) is 4.98 Å². The SMILES string of the molecule is CCCOCCOc1nc(N)ncc1[N+](=O)[O-]. The number of nitrogens with zero attached hydrogens (tertiary/aromatic N) is 3. The van der Waals surface area contributed by atoms with Crippen LogP contribution in [0.15, 0.2) is 6.20 Å². The summed E-state index contributed by atoms with van der Waals surface area (Å²) in [6, 6.07) is 0. The Hall–Kier alpha value is -1.96. The summed E-state index contributed by atoms with van der Waals surface area (Å²) < 4.78 is 10.3. The Balaban J connectivity index is 2.56. The van der Waals surface area contributed by atoms with E-state index in [0.29, 0.717) is 13.2 Å². The van der Waals surface area contributed by atoms with Crippen molar-refractivity contribution in [3.63, 3.8) is 0 Å². The highest BCUT2D eigenvalue weighted by molar-refractivity contribution is 5.41. The predicted molar refractivity (Wildman–Crippen MR) is 59.7 cm³/mol. The van der Waals surface area contributed by atoms with E-state index >= 15 is 0 Å². The summed E-state index contributed by atoms with van der Waals surface area (Å²) in [4.78, 5) is 17.2. The van der Waals surface area contributed by atoms with Crippen LogP contribution < -0.4 is 10.5 Å². The summed E-state index contributed by atoms with van der Waals surface area (Å²) in [5.74, 6) is -0.206. The van der Waals surface area contributed by atoms with Gasteiger partial charge < -0.3 is 15.2 Å². The second-order valence-corrected chi connectivity index (χ2v) is 3.14. The first-order valence-corrected chi connectivity index (χ1v) is 5.12. The van der Waals surface area contributed by atoms with E-state index in [1.165, 1.54) is 0 Å². The Morgan fingerprint density at radius 1 is 1.47 bits per heavy atom. The lowest BCUT2D eigenvalue weighted by molar-refractivity contribution is -0.386. The first-order chi connectivity index (χ1) is 8.15. The summed E-state index contributed by atoms with van der Waals surface area (Å²) in [6.45, 7) is 3.13. The lowest BCUT2D eigenvalue weighted by Crippen LogP contribution is -2.10. The van der Waals surface area contributed by atoms with E-state index in [1.807, 2.05) is 6.92 Å². The molecule has 0 atom stereocenters. The van der Waals surface area contributed by atoms with Crippen LogP contribution in [0, 0.1) is 10.1 Å². The van der Waals surface area contributed by atoms with Gasteiger partial charge in [0, 0.05) is 6.61 Å². The maximum atomic E-state index is 10.6. The third-order valence-electron chi connectivity index (χ3n) is 1.77. The third kappa shape index (κ3) is 4.19. The molecule has 0 aliphatic rings. The van der Waals surface area contributed by atoms with Gasteiger partial charge in [0.1, 0.15) is 12.8 Å². The molecule has 2 N–H and O–H groups in total. The average Bonchev–Trinajstić information content (AvgIpc) is 2.28. The first kappa shape index (κ1) is 13.1. The van der Waals surface area contributed by atoms with Crippen LogP contribution in [0.5, 0.6) is 5.88 Å². The van der Waals surface area contributed by atoms with Gasteiger partial charge in [0.2, 0.25) is 5.95 Å². The number of nitrogens with two attached hydrogens (primary N) is 1.